The number of carbonyl (C=O) groups excluding carboxylic acids is 1. The van der Waals surface area contributed by atoms with Crippen LogP contribution in [0.15, 0.2) is 29.6 Å². The predicted octanol–water partition coefficient (Wildman–Crippen LogP) is 3.99. The van der Waals surface area contributed by atoms with E-state index in [2.05, 4.69) is 32.9 Å². The van der Waals surface area contributed by atoms with E-state index in [9.17, 15) is 4.79 Å². The van der Waals surface area contributed by atoms with Crippen LogP contribution >= 0.6 is 33.9 Å². The molecular weight excluding hydrogens is 387 g/mol. The molecule has 0 bridgehead atoms. The van der Waals surface area contributed by atoms with Gasteiger partial charge in [-0.25, -0.2) is 4.98 Å². The number of para-hydroxylation sites is 1. The zero-order valence-electron chi connectivity index (χ0n) is 11.1. The van der Waals surface area contributed by atoms with E-state index in [4.69, 9.17) is 4.74 Å². The monoisotopic (exact) mass is 402 g/mol. The van der Waals surface area contributed by atoms with Gasteiger partial charge in [-0.1, -0.05) is 12.1 Å². The minimum atomic E-state index is -0.174. The van der Waals surface area contributed by atoms with Gasteiger partial charge in [0, 0.05) is 15.4 Å². The molecule has 0 saturated heterocycles. The third-order valence-electron chi connectivity index (χ3n) is 2.56. The van der Waals surface area contributed by atoms with Crippen molar-refractivity contribution >= 4 is 50.7 Å². The van der Waals surface area contributed by atoms with Crippen LogP contribution in [0.4, 0.5) is 10.8 Å². The number of hydrogen-bond donors (Lipinski definition) is 1. The van der Waals surface area contributed by atoms with Gasteiger partial charge in [-0.05, 0) is 41.6 Å². The highest BCUT2D eigenvalue weighted by atomic mass is 127. The zero-order chi connectivity index (χ0) is 14.4. The maximum absolute atomic E-state index is 11.3. The lowest BCUT2D eigenvalue weighted by molar-refractivity contribution is -0.143. The molecule has 1 aromatic heterocycles. The number of benzene rings is 1. The summed E-state index contributed by atoms with van der Waals surface area (Å²) in [7, 11) is 0. The smallest absolute Gasteiger partial charge is 0.306 e. The lowest BCUT2D eigenvalue weighted by Gasteiger charge is -2.04. The molecule has 0 amide bonds. The molecule has 20 heavy (non-hydrogen) atoms. The number of aryl methyl sites for hydroxylation is 1. The average molecular weight is 402 g/mol. The first-order valence-electron chi connectivity index (χ1n) is 6.30. The van der Waals surface area contributed by atoms with Crippen LogP contribution in [0, 0.1) is 3.57 Å². The van der Waals surface area contributed by atoms with E-state index in [1.54, 1.807) is 11.3 Å². The van der Waals surface area contributed by atoms with Crippen LogP contribution in [0.2, 0.25) is 0 Å². The average Bonchev–Trinajstić information content (AvgIpc) is 2.87. The molecule has 0 atom stereocenters. The molecule has 0 aliphatic rings. The van der Waals surface area contributed by atoms with Gasteiger partial charge in [-0.15, -0.1) is 11.3 Å². The molecular formula is C14H15IN2O2S. The summed E-state index contributed by atoms with van der Waals surface area (Å²) in [5, 5.41) is 6.10. The molecule has 0 fully saturated rings. The number of thiazole rings is 1. The Morgan fingerprint density at radius 3 is 3.00 bits per heavy atom. The SMILES string of the molecule is CCOC(=O)CCc1csc(Nc2ccccc2I)n1. The fourth-order valence-corrected chi connectivity index (χ4v) is 2.90. The number of hydrogen-bond acceptors (Lipinski definition) is 5. The number of anilines is 2. The van der Waals surface area contributed by atoms with E-state index in [0.29, 0.717) is 19.4 Å². The number of ether oxygens (including phenoxy) is 1. The van der Waals surface area contributed by atoms with Gasteiger partial charge in [0.15, 0.2) is 5.13 Å². The molecule has 106 valence electrons. The Kier molecular flexibility index (Phi) is 5.78. The Morgan fingerprint density at radius 2 is 2.25 bits per heavy atom. The van der Waals surface area contributed by atoms with Gasteiger partial charge < -0.3 is 10.1 Å². The summed E-state index contributed by atoms with van der Waals surface area (Å²) >= 11 is 3.82. The van der Waals surface area contributed by atoms with Crippen LogP contribution < -0.4 is 5.32 Å². The molecule has 0 aliphatic heterocycles. The lowest BCUT2D eigenvalue weighted by Crippen LogP contribution is -2.05. The zero-order valence-corrected chi connectivity index (χ0v) is 14.0. The maximum atomic E-state index is 11.3. The highest BCUT2D eigenvalue weighted by molar-refractivity contribution is 14.1. The number of aromatic nitrogens is 1. The largest absolute Gasteiger partial charge is 0.466 e. The Morgan fingerprint density at radius 1 is 1.45 bits per heavy atom. The van der Waals surface area contributed by atoms with Crippen LogP contribution in [-0.4, -0.2) is 17.6 Å². The topological polar surface area (TPSA) is 51.2 Å². The fraction of sp³-hybridized carbons (Fsp3) is 0.286. The van der Waals surface area contributed by atoms with Crippen LogP contribution in [0.1, 0.15) is 19.0 Å². The first-order valence-corrected chi connectivity index (χ1v) is 8.26. The van der Waals surface area contributed by atoms with Crippen molar-refractivity contribution in [3.05, 3.63) is 38.9 Å². The van der Waals surface area contributed by atoms with Crippen LogP contribution in [0.5, 0.6) is 0 Å². The van der Waals surface area contributed by atoms with Crippen molar-refractivity contribution in [2.45, 2.75) is 19.8 Å². The molecule has 1 aromatic carbocycles. The summed E-state index contributed by atoms with van der Waals surface area (Å²) in [4.78, 5) is 15.8. The van der Waals surface area contributed by atoms with E-state index in [1.807, 2.05) is 36.6 Å². The molecule has 0 unspecified atom stereocenters. The van der Waals surface area contributed by atoms with Gasteiger partial charge in [0.2, 0.25) is 0 Å². The number of carbonyl (C=O) groups is 1. The number of nitrogens with one attached hydrogen (secondary N) is 1. The Hall–Kier alpha value is -1.15. The lowest BCUT2D eigenvalue weighted by atomic mass is 10.2. The normalized spacial score (nSPS) is 10.3. The van der Waals surface area contributed by atoms with Gasteiger partial charge in [-0.3, -0.25) is 4.79 Å². The van der Waals surface area contributed by atoms with E-state index >= 15 is 0 Å². The maximum Gasteiger partial charge on any atom is 0.306 e. The van der Waals surface area contributed by atoms with Crippen molar-refractivity contribution < 1.29 is 9.53 Å². The fourth-order valence-electron chi connectivity index (χ4n) is 1.62. The summed E-state index contributed by atoms with van der Waals surface area (Å²) < 4.78 is 6.05. The Labute approximate surface area is 135 Å². The van der Waals surface area contributed by atoms with Crippen LogP contribution in [-0.2, 0) is 16.0 Å². The van der Waals surface area contributed by atoms with Crippen molar-refractivity contribution in [3.8, 4) is 0 Å². The molecule has 0 spiro atoms. The van der Waals surface area contributed by atoms with Crippen molar-refractivity contribution in [2.75, 3.05) is 11.9 Å². The molecule has 0 saturated carbocycles. The number of halogens is 1. The molecule has 1 N–H and O–H groups in total. The number of nitrogens with zero attached hydrogens (tertiary/aromatic N) is 1. The Balaban J connectivity index is 1.92. The van der Waals surface area contributed by atoms with Crippen LogP contribution in [0.3, 0.4) is 0 Å². The van der Waals surface area contributed by atoms with Gasteiger partial charge in [0.25, 0.3) is 0 Å². The first-order chi connectivity index (χ1) is 9.69. The highest BCUT2D eigenvalue weighted by Crippen LogP contribution is 2.25. The molecule has 0 aliphatic carbocycles. The van der Waals surface area contributed by atoms with E-state index in [-0.39, 0.29) is 5.97 Å². The van der Waals surface area contributed by atoms with E-state index in [1.165, 1.54) is 0 Å². The molecule has 1 heterocycles. The van der Waals surface area contributed by atoms with Gasteiger partial charge in [0.05, 0.1) is 24.4 Å². The number of esters is 1. The van der Waals surface area contributed by atoms with Gasteiger partial charge in [0.1, 0.15) is 0 Å². The second-order valence-electron chi connectivity index (χ2n) is 4.05. The summed E-state index contributed by atoms with van der Waals surface area (Å²) in [5.41, 5.74) is 1.95. The third kappa shape index (κ3) is 4.45. The van der Waals surface area contributed by atoms with Crippen molar-refractivity contribution in [3.63, 3.8) is 0 Å². The van der Waals surface area contributed by atoms with Crippen molar-refractivity contribution in [2.24, 2.45) is 0 Å². The quantitative estimate of drug-likeness (QED) is 0.587. The molecule has 4 nitrogen and oxygen atoms in total. The predicted molar refractivity (Wildman–Crippen MR) is 89.5 cm³/mol. The van der Waals surface area contributed by atoms with Gasteiger partial charge >= 0.3 is 5.97 Å². The van der Waals surface area contributed by atoms with Gasteiger partial charge in [-0.2, -0.15) is 0 Å². The number of rotatable bonds is 6. The molecule has 2 rings (SSSR count). The summed E-state index contributed by atoms with van der Waals surface area (Å²) in [6.45, 7) is 2.24. The minimum Gasteiger partial charge on any atom is -0.466 e. The third-order valence-corrected chi connectivity index (χ3v) is 4.31. The Bertz CT molecular complexity index is 586. The van der Waals surface area contributed by atoms with Crippen LogP contribution in [0.25, 0.3) is 0 Å². The summed E-state index contributed by atoms with van der Waals surface area (Å²) in [6, 6.07) is 8.04. The van der Waals surface area contributed by atoms with Crippen molar-refractivity contribution in [1.82, 2.24) is 4.98 Å². The second-order valence-corrected chi connectivity index (χ2v) is 6.07. The van der Waals surface area contributed by atoms with E-state index in [0.717, 1.165) is 20.1 Å². The first kappa shape index (κ1) is 15.2. The minimum absolute atomic E-state index is 0.174. The van der Waals surface area contributed by atoms with E-state index < -0.39 is 0 Å². The highest BCUT2D eigenvalue weighted by Gasteiger charge is 2.07. The standard InChI is InChI=1S/C14H15IN2O2S/c1-2-19-13(18)8-7-10-9-20-14(16-10)17-12-6-4-3-5-11(12)15/h3-6,9H,2,7-8H2,1H3,(H,16,17). The van der Waals surface area contributed by atoms with Crippen molar-refractivity contribution in [1.29, 1.82) is 0 Å². The molecule has 6 heteroatoms. The summed E-state index contributed by atoms with van der Waals surface area (Å²) in [6.07, 6.45) is 0.989. The summed E-state index contributed by atoms with van der Waals surface area (Å²) in [5.74, 6) is -0.174. The molecule has 0 radical (unpaired) electrons. The second kappa shape index (κ2) is 7.58. The molecule has 2 aromatic rings.